The molecular weight excluding hydrogens is 332 g/mol. The van der Waals surface area contributed by atoms with Crippen LogP contribution in [-0.4, -0.2) is 13.4 Å². The fraction of sp³-hybridized carbons (Fsp3) is 0.176. The van der Waals surface area contributed by atoms with Crippen LogP contribution >= 0.6 is 11.6 Å². The highest BCUT2D eigenvalue weighted by Gasteiger charge is 2.18. The van der Waals surface area contributed by atoms with Gasteiger partial charge in [0.2, 0.25) is 0 Å². The number of hydrogen-bond acceptors (Lipinski definition) is 2. The molecule has 0 saturated carbocycles. The molecule has 2 N–H and O–H groups in total. The average molecular weight is 349 g/mol. The maximum Gasteiger partial charge on any atom is 0.262 e. The van der Waals surface area contributed by atoms with E-state index in [0.717, 1.165) is 22.2 Å². The second kappa shape index (κ2) is 5.58. The zero-order chi connectivity index (χ0) is 16.8. The quantitative estimate of drug-likeness (QED) is 0.729. The van der Waals surface area contributed by atoms with Crippen LogP contribution < -0.4 is 4.72 Å². The number of anilines is 1. The molecule has 120 valence electrons. The summed E-state index contributed by atoms with van der Waals surface area (Å²) < 4.78 is 27.9. The van der Waals surface area contributed by atoms with Crippen LogP contribution in [0.25, 0.3) is 10.9 Å². The van der Waals surface area contributed by atoms with E-state index in [1.807, 2.05) is 26.0 Å². The molecule has 0 bridgehead atoms. The van der Waals surface area contributed by atoms with Crippen LogP contribution in [0.1, 0.15) is 16.8 Å². The maximum absolute atomic E-state index is 12.6. The normalized spacial score (nSPS) is 11.8. The number of benzene rings is 2. The van der Waals surface area contributed by atoms with Gasteiger partial charge in [0.1, 0.15) is 0 Å². The summed E-state index contributed by atoms with van der Waals surface area (Å²) in [6.45, 7) is 5.70. The molecule has 0 fully saturated rings. The molecule has 23 heavy (non-hydrogen) atoms. The molecule has 1 aromatic heterocycles. The van der Waals surface area contributed by atoms with Gasteiger partial charge in [-0.1, -0.05) is 17.7 Å². The molecule has 4 nitrogen and oxygen atoms in total. The highest BCUT2D eigenvalue weighted by Crippen LogP contribution is 2.28. The van der Waals surface area contributed by atoms with Crippen LogP contribution in [0.5, 0.6) is 0 Å². The van der Waals surface area contributed by atoms with Gasteiger partial charge < -0.3 is 4.98 Å². The van der Waals surface area contributed by atoms with Crippen molar-refractivity contribution >= 4 is 38.2 Å². The minimum Gasteiger partial charge on any atom is -0.358 e. The van der Waals surface area contributed by atoms with Crippen LogP contribution in [-0.2, 0) is 10.0 Å². The van der Waals surface area contributed by atoms with Gasteiger partial charge in [-0.3, -0.25) is 4.72 Å². The van der Waals surface area contributed by atoms with Crippen LogP contribution in [0.2, 0.25) is 5.02 Å². The molecule has 0 spiro atoms. The molecule has 0 aliphatic rings. The van der Waals surface area contributed by atoms with Crippen LogP contribution in [0.15, 0.2) is 41.3 Å². The Labute approximate surface area is 140 Å². The Kier molecular flexibility index (Phi) is 3.86. The lowest BCUT2D eigenvalue weighted by Crippen LogP contribution is -2.14. The second-order valence-corrected chi connectivity index (χ2v) is 7.66. The first-order valence-corrected chi connectivity index (χ1v) is 9.02. The monoisotopic (exact) mass is 348 g/mol. The molecule has 6 heteroatoms. The standard InChI is InChI=1S/C17H17ClN2O2S/c1-10-12(3)19-16-8-7-13(9-14(10)16)20-23(21,22)17-6-4-5-15(18)11(17)2/h4-9,19-20H,1-3H3. The van der Waals surface area contributed by atoms with Crippen LogP contribution in [0.3, 0.4) is 0 Å². The summed E-state index contributed by atoms with van der Waals surface area (Å²) in [5.74, 6) is 0. The molecule has 0 saturated heterocycles. The number of hydrogen-bond donors (Lipinski definition) is 2. The molecule has 0 aliphatic carbocycles. The van der Waals surface area contributed by atoms with Crippen molar-refractivity contribution in [2.45, 2.75) is 25.7 Å². The van der Waals surface area contributed by atoms with E-state index in [1.165, 1.54) is 0 Å². The number of H-pyrrole nitrogens is 1. The molecule has 0 radical (unpaired) electrons. The lowest BCUT2D eigenvalue weighted by Gasteiger charge is -2.11. The van der Waals surface area contributed by atoms with E-state index in [4.69, 9.17) is 11.6 Å². The Morgan fingerprint density at radius 2 is 1.78 bits per heavy atom. The number of halogens is 1. The SMILES string of the molecule is Cc1[nH]c2ccc(NS(=O)(=O)c3cccc(Cl)c3C)cc2c1C. The number of fused-ring (bicyclic) bond motifs is 1. The molecular formula is C17H17ClN2O2S. The first kappa shape index (κ1) is 15.9. The van der Waals surface area contributed by atoms with Crippen molar-refractivity contribution in [2.75, 3.05) is 4.72 Å². The minimum atomic E-state index is -3.69. The summed E-state index contributed by atoms with van der Waals surface area (Å²) in [4.78, 5) is 3.46. The lowest BCUT2D eigenvalue weighted by atomic mass is 10.1. The summed E-state index contributed by atoms with van der Waals surface area (Å²) >= 11 is 6.03. The van der Waals surface area contributed by atoms with Gasteiger partial charge in [0.15, 0.2) is 0 Å². The number of aromatic nitrogens is 1. The van der Waals surface area contributed by atoms with Gasteiger partial charge in [0, 0.05) is 27.3 Å². The second-order valence-electron chi connectivity index (χ2n) is 5.60. The highest BCUT2D eigenvalue weighted by atomic mass is 35.5. The first-order chi connectivity index (χ1) is 10.8. The van der Waals surface area contributed by atoms with E-state index in [-0.39, 0.29) is 4.90 Å². The maximum atomic E-state index is 12.6. The van der Waals surface area contributed by atoms with Gasteiger partial charge in [-0.2, -0.15) is 0 Å². The third kappa shape index (κ3) is 2.82. The summed E-state index contributed by atoms with van der Waals surface area (Å²) in [6, 6.07) is 10.3. The van der Waals surface area contributed by atoms with Crippen molar-refractivity contribution < 1.29 is 8.42 Å². The van der Waals surface area contributed by atoms with E-state index in [9.17, 15) is 8.42 Å². The number of aromatic amines is 1. The van der Waals surface area contributed by atoms with Gasteiger partial charge in [-0.25, -0.2) is 8.42 Å². The number of nitrogens with one attached hydrogen (secondary N) is 2. The molecule has 3 rings (SSSR count). The third-order valence-corrected chi connectivity index (χ3v) is 6.00. The highest BCUT2D eigenvalue weighted by molar-refractivity contribution is 7.92. The van der Waals surface area contributed by atoms with Crippen molar-refractivity contribution in [2.24, 2.45) is 0 Å². The molecule has 0 aliphatic heterocycles. The molecule has 1 heterocycles. The summed E-state index contributed by atoms with van der Waals surface area (Å²) in [7, 11) is -3.69. The smallest absolute Gasteiger partial charge is 0.262 e. The predicted octanol–water partition coefficient (Wildman–Crippen LogP) is 4.55. The van der Waals surface area contributed by atoms with Crippen LogP contribution in [0, 0.1) is 20.8 Å². The molecule has 0 unspecified atom stereocenters. The molecule has 0 atom stereocenters. The van der Waals surface area contributed by atoms with Crippen molar-refractivity contribution in [1.29, 1.82) is 0 Å². The molecule has 2 aromatic carbocycles. The van der Waals surface area contributed by atoms with Crippen molar-refractivity contribution in [1.82, 2.24) is 4.98 Å². The first-order valence-electron chi connectivity index (χ1n) is 7.16. The van der Waals surface area contributed by atoms with Crippen molar-refractivity contribution in [3.05, 3.63) is 58.2 Å². The third-order valence-electron chi connectivity index (χ3n) is 4.07. The zero-order valence-electron chi connectivity index (χ0n) is 13.1. The summed E-state index contributed by atoms with van der Waals surface area (Å²) in [6.07, 6.45) is 0. The number of sulfonamides is 1. The predicted molar refractivity (Wildman–Crippen MR) is 94.8 cm³/mol. The topological polar surface area (TPSA) is 62.0 Å². The summed E-state index contributed by atoms with van der Waals surface area (Å²) in [5, 5.41) is 1.44. The van der Waals surface area contributed by atoms with Gasteiger partial charge in [-0.05, 0) is 62.2 Å². The zero-order valence-corrected chi connectivity index (χ0v) is 14.6. The van der Waals surface area contributed by atoms with Crippen LogP contribution in [0.4, 0.5) is 5.69 Å². The number of rotatable bonds is 3. The molecule has 3 aromatic rings. The van der Waals surface area contributed by atoms with Gasteiger partial charge in [0.25, 0.3) is 10.0 Å². The Hall–Kier alpha value is -1.98. The Bertz CT molecular complexity index is 1010. The van der Waals surface area contributed by atoms with E-state index >= 15 is 0 Å². The van der Waals surface area contributed by atoms with E-state index in [0.29, 0.717) is 16.3 Å². The van der Waals surface area contributed by atoms with Gasteiger partial charge in [-0.15, -0.1) is 0 Å². The largest absolute Gasteiger partial charge is 0.358 e. The fourth-order valence-corrected chi connectivity index (χ4v) is 4.16. The van der Waals surface area contributed by atoms with E-state index in [2.05, 4.69) is 9.71 Å². The average Bonchev–Trinajstić information content (AvgIpc) is 2.77. The van der Waals surface area contributed by atoms with Crippen molar-refractivity contribution in [3.8, 4) is 0 Å². The Morgan fingerprint density at radius 3 is 2.52 bits per heavy atom. The van der Waals surface area contributed by atoms with E-state index < -0.39 is 10.0 Å². The van der Waals surface area contributed by atoms with Gasteiger partial charge in [0.05, 0.1) is 4.90 Å². The number of aryl methyl sites for hydroxylation is 2. The summed E-state index contributed by atoms with van der Waals surface area (Å²) in [5.41, 5.74) is 4.24. The van der Waals surface area contributed by atoms with Crippen molar-refractivity contribution in [3.63, 3.8) is 0 Å². The minimum absolute atomic E-state index is 0.187. The Morgan fingerprint density at radius 1 is 1.04 bits per heavy atom. The van der Waals surface area contributed by atoms with Gasteiger partial charge >= 0.3 is 0 Å². The fourth-order valence-electron chi connectivity index (χ4n) is 2.61. The Balaban J connectivity index is 2.03. The molecule has 0 amide bonds. The van der Waals surface area contributed by atoms with E-state index in [1.54, 1.807) is 31.2 Å². The lowest BCUT2D eigenvalue weighted by molar-refractivity contribution is 0.600.